The van der Waals surface area contributed by atoms with Gasteiger partial charge in [0.2, 0.25) is 0 Å². The molecule has 0 aliphatic rings. The number of rotatable bonds is 8. The first-order valence-corrected chi connectivity index (χ1v) is 8.31. The Kier molecular flexibility index (Phi) is 6.51. The Balaban J connectivity index is 2.16. The number of hydrogen-bond acceptors (Lipinski definition) is 4. The number of benzene rings is 2. The average Bonchev–Trinajstić information content (AvgIpc) is 2.63. The molecule has 6 heteroatoms. The van der Waals surface area contributed by atoms with Crippen LogP contribution in [0.1, 0.15) is 29.8 Å². The summed E-state index contributed by atoms with van der Waals surface area (Å²) in [4.78, 5) is 25.1. The van der Waals surface area contributed by atoms with Crippen LogP contribution in [0, 0.1) is 10.1 Å². The van der Waals surface area contributed by atoms with Crippen LogP contribution in [-0.2, 0) is 6.42 Å². The summed E-state index contributed by atoms with van der Waals surface area (Å²) in [5.74, 6) is -0.0408. The Hall–Kier alpha value is -2.89. The number of likely N-dealkylation sites (N-methyl/N-ethyl adjacent to an activating group) is 1. The van der Waals surface area contributed by atoms with E-state index in [2.05, 4.69) is 0 Å². The van der Waals surface area contributed by atoms with Crippen LogP contribution in [0.2, 0.25) is 0 Å². The predicted molar refractivity (Wildman–Crippen MR) is 96.0 cm³/mol. The Morgan fingerprint density at radius 3 is 2.48 bits per heavy atom. The molecule has 0 aliphatic carbocycles. The maximum atomic E-state index is 12.7. The minimum atomic E-state index is -0.526. The van der Waals surface area contributed by atoms with Crippen LogP contribution < -0.4 is 4.74 Å². The van der Waals surface area contributed by atoms with Gasteiger partial charge in [-0.1, -0.05) is 30.3 Å². The summed E-state index contributed by atoms with van der Waals surface area (Å²) in [6.07, 6.45) is 0.736. The summed E-state index contributed by atoms with van der Waals surface area (Å²) in [7, 11) is 0. The maximum absolute atomic E-state index is 12.7. The molecule has 1 amide bonds. The van der Waals surface area contributed by atoms with Crippen molar-refractivity contribution >= 4 is 11.6 Å². The summed E-state index contributed by atoms with van der Waals surface area (Å²) in [5.41, 5.74) is 1.25. The Morgan fingerprint density at radius 2 is 1.88 bits per heavy atom. The van der Waals surface area contributed by atoms with Crippen molar-refractivity contribution in [3.8, 4) is 5.75 Å². The zero-order valence-corrected chi connectivity index (χ0v) is 14.5. The van der Waals surface area contributed by atoms with Crippen molar-refractivity contribution in [2.24, 2.45) is 0 Å². The molecule has 6 nitrogen and oxygen atoms in total. The monoisotopic (exact) mass is 342 g/mol. The summed E-state index contributed by atoms with van der Waals surface area (Å²) >= 11 is 0. The first kappa shape index (κ1) is 18.4. The van der Waals surface area contributed by atoms with Crippen LogP contribution in [0.25, 0.3) is 0 Å². The molecule has 0 heterocycles. The van der Waals surface area contributed by atoms with Gasteiger partial charge in [-0.25, -0.2) is 0 Å². The highest BCUT2D eigenvalue weighted by atomic mass is 16.6. The van der Waals surface area contributed by atoms with Crippen LogP contribution in [-0.4, -0.2) is 35.4 Å². The number of nitrogens with zero attached hydrogens (tertiary/aromatic N) is 2. The number of nitro groups is 1. The van der Waals surface area contributed by atoms with Gasteiger partial charge in [-0.15, -0.1) is 0 Å². The van der Waals surface area contributed by atoms with Gasteiger partial charge in [0.25, 0.3) is 5.91 Å². The molecule has 0 saturated heterocycles. The summed E-state index contributed by atoms with van der Waals surface area (Å²) in [6.45, 7) is 5.07. The third kappa shape index (κ3) is 4.79. The molecular weight excluding hydrogens is 320 g/mol. The molecule has 0 bridgehead atoms. The molecule has 2 aromatic rings. The fraction of sp³-hybridized carbons (Fsp3) is 0.316. The number of nitro benzene ring substituents is 1. The lowest BCUT2D eigenvalue weighted by atomic mass is 10.1. The fourth-order valence-electron chi connectivity index (χ4n) is 2.57. The standard InChI is InChI=1S/C19H22N2O4/c1-3-20(13-12-15-8-6-5-7-9-15)19(22)16-10-11-18(25-4-2)17(14-16)21(23)24/h5-11,14H,3-4,12-13H2,1-2H3. The van der Waals surface area contributed by atoms with Crippen molar-refractivity contribution in [1.29, 1.82) is 0 Å². The van der Waals surface area contributed by atoms with Crippen molar-refractivity contribution in [3.05, 3.63) is 69.8 Å². The second-order valence-electron chi connectivity index (χ2n) is 5.49. The molecule has 0 spiro atoms. The van der Waals surface area contributed by atoms with E-state index in [4.69, 9.17) is 4.74 Å². The van der Waals surface area contributed by atoms with E-state index < -0.39 is 4.92 Å². The van der Waals surface area contributed by atoms with E-state index >= 15 is 0 Å². The first-order valence-electron chi connectivity index (χ1n) is 8.31. The van der Waals surface area contributed by atoms with Gasteiger partial charge in [-0.05, 0) is 38.0 Å². The Morgan fingerprint density at radius 1 is 1.16 bits per heavy atom. The number of carbonyl (C=O) groups is 1. The molecule has 0 fully saturated rings. The average molecular weight is 342 g/mol. The highest BCUT2D eigenvalue weighted by molar-refractivity contribution is 5.95. The van der Waals surface area contributed by atoms with E-state index in [1.165, 1.54) is 12.1 Å². The molecule has 2 rings (SSSR count). The lowest BCUT2D eigenvalue weighted by molar-refractivity contribution is -0.385. The lowest BCUT2D eigenvalue weighted by Crippen LogP contribution is -2.32. The van der Waals surface area contributed by atoms with E-state index in [9.17, 15) is 14.9 Å². The highest BCUT2D eigenvalue weighted by Gasteiger charge is 2.21. The van der Waals surface area contributed by atoms with Crippen LogP contribution in [0.5, 0.6) is 5.75 Å². The van der Waals surface area contributed by atoms with Crippen LogP contribution >= 0.6 is 0 Å². The lowest BCUT2D eigenvalue weighted by Gasteiger charge is -2.21. The zero-order valence-electron chi connectivity index (χ0n) is 14.5. The van der Waals surface area contributed by atoms with Crippen molar-refractivity contribution in [2.45, 2.75) is 20.3 Å². The van der Waals surface area contributed by atoms with E-state index in [1.54, 1.807) is 17.9 Å². The van der Waals surface area contributed by atoms with E-state index in [0.29, 0.717) is 25.3 Å². The molecule has 0 radical (unpaired) electrons. The van der Waals surface area contributed by atoms with Crippen LogP contribution in [0.3, 0.4) is 0 Å². The molecule has 0 aliphatic heterocycles. The van der Waals surface area contributed by atoms with Crippen LogP contribution in [0.4, 0.5) is 5.69 Å². The predicted octanol–water partition coefficient (Wildman–Crippen LogP) is 3.70. The van der Waals surface area contributed by atoms with Gasteiger partial charge in [-0.2, -0.15) is 0 Å². The second-order valence-corrected chi connectivity index (χ2v) is 5.49. The quantitative estimate of drug-likeness (QED) is 0.542. The zero-order chi connectivity index (χ0) is 18.2. The topological polar surface area (TPSA) is 72.7 Å². The molecule has 0 unspecified atom stereocenters. The van der Waals surface area contributed by atoms with Crippen LogP contribution in [0.15, 0.2) is 48.5 Å². The van der Waals surface area contributed by atoms with Gasteiger partial charge in [0, 0.05) is 24.7 Å². The largest absolute Gasteiger partial charge is 0.487 e. The Bertz CT molecular complexity index is 731. The van der Waals surface area contributed by atoms with E-state index in [0.717, 1.165) is 12.0 Å². The fourth-order valence-corrected chi connectivity index (χ4v) is 2.57. The SMILES string of the molecule is CCOc1ccc(C(=O)N(CC)CCc2ccccc2)cc1[N+](=O)[O-]. The molecule has 0 aromatic heterocycles. The number of amides is 1. The minimum Gasteiger partial charge on any atom is -0.487 e. The van der Waals surface area contributed by atoms with Gasteiger partial charge in [0.1, 0.15) is 0 Å². The van der Waals surface area contributed by atoms with Gasteiger partial charge >= 0.3 is 5.69 Å². The number of ether oxygens (including phenoxy) is 1. The second kappa shape index (κ2) is 8.82. The molecule has 2 aromatic carbocycles. The molecule has 25 heavy (non-hydrogen) atoms. The van der Waals surface area contributed by atoms with Gasteiger partial charge in [0.05, 0.1) is 11.5 Å². The third-order valence-electron chi connectivity index (χ3n) is 3.88. The van der Waals surface area contributed by atoms with Crippen molar-refractivity contribution in [3.63, 3.8) is 0 Å². The van der Waals surface area contributed by atoms with Crippen molar-refractivity contribution < 1.29 is 14.5 Å². The summed E-state index contributed by atoms with van der Waals surface area (Å²) in [5, 5.41) is 11.2. The smallest absolute Gasteiger partial charge is 0.311 e. The Labute approximate surface area is 147 Å². The normalized spacial score (nSPS) is 10.3. The molecule has 0 atom stereocenters. The highest BCUT2D eigenvalue weighted by Crippen LogP contribution is 2.28. The number of hydrogen-bond donors (Lipinski definition) is 0. The molecule has 132 valence electrons. The number of carbonyl (C=O) groups excluding carboxylic acids is 1. The van der Waals surface area contributed by atoms with Crippen molar-refractivity contribution in [1.82, 2.24) is 4.90 Å². The maximum Gasteiger partial charge on any atom is 0.311 e. The van der Waals surface area contributed by atoms with Crippen molar-refractivity contribution in [2.75, 3.05) is 19.7 Å². The minimum absolute atomic E-state index is 0.177. The first-order chi connectivity index (χ1) is 12.1. The van der Waals surface area contributed by atoms with Gasteiger partial charge < -0.3 is 9.64 Å². The van der Waals surface area contributed by atoms with Gasteiger partial charge in [0.15, 0.2) is 5.75 Å². The molecule has 0 saturated carbocycles. The van der Waals surface area contributed by atoms with E-state index in [1.807, 2.05) is 37.3 Å². The third-order valence-corrected chi connectivity index (χ3v) is 3.88. The summed E-state index contributed by atoms with van der Waals surface area (Å²) in [6, 6.07) is 14.3. The molecule has 0 N–H and O–H groups in total. The molecular formula is C19H22N2O4. The van der Waals surface area contributed by atoms with Gasteiger partial charge in [-0.3, -0.25) is 14.9 Å². The summed E-state index contributed by atoms with van der Waals surface area (Å²) < 4.78 is 5.26. The van der Waals surface area contributed by atoms with E-state index in [-0.39, 0.29) is 17.3 Å².